The first-order chi connectivity index (χ1) is 6.93. The van der Waals surface area contributed by atoms with Gasteiger partial charge in [-0.3, -0.25) is 0 Å². The third-order valence-corrected chi connectivity index (χ3v) is 2.40. The van der Waals surface area contributed by atoms with E-state index in [1.807, 2.05) is 6.20 Å². The summed E-state index contributed by atoms with van der Waals surface area (Å²) in [5.41, 5.74) is 0. The van der Waals surface area contributed by atoms with Crippen LogP contribution in [0.25, 0.3) is 0 Å². The van der Waals surface area contributed by atoms with Crippen LogP contribution in [0.2, 0.25) is 0 Å². The van der Waals surface area contributed by atoms with Crippen LogP contribution in [0.4, 0.5) is 0 Å². The Labute approximate surface area is 87.0 Å². The van der Waals surface area contributed by atoms with Crippen molar-refractivity contribution in [3.63, 3.8) is 0 Å². The van der Waals surface area contributed by atoms with Gasteiger partial charge in [0, 0.05) is 18.8 Å². The summed E-state index contributed by atoms with van der Waals surface area (Å²) in [5.74, 6) is 1.06. The topological polar surface area (TPSA) is 21.3 Å². The van der Waals surface area contributed by atoms with Crippen molar-refractivity contribution in [2.45, 2.75) is 51.9 Å². The van der Waals surface area contributed by atoms with Gasteiger partial charge in [0.05, 0.1) is 0 Å². The Morgan fingerprint density at radius 3 is 2.64 bits per heavy atom. The van der Waals surface area contributed by atoms with Crippen molar-refractivity contribution < 1.29 is 4.74 Å². The molecule has 1 aliphatic rings. The molecule has 0 aromatic heterocycles. The van der Waals surface area contributed by atoms with Gasteiger partial charge in [0.25, 0.3) is 0 Å². The lowest BCUT2D eigenvalue weighted by Crippen LogP contribution is -2.02. The number of hydrogen-bond acceptors (Lipinski definition) is 2. The van der Waals surface area contributed by atoms with Gasteiger partial charge in [0.15, 0.2) is 0 Å². The summed E-state index contributed by atoms with van der Waals surface area (Å²) >= 11 is 0. The molecule has 14 heavy (non-hydrogen) atoms. The Morgan fingerprint density at radius 1 is 1.14 bits per heavy atom. The van der Waals surface area contributed by atoms with Crippen LogP contribution in [-0.2, 0) is 4.74 Å². The first-order valence-corrected chi connectivity index (χ1v) is 5.70. The molecular formula is C12H21NO. The maximum Gasteiger partial charge on any atom is 0.119 e. The van der Waals surface area contributed by atoms with Crippen LogP contribution in [-0.4, -0.2) is 0 Å². The Bertz CT molecular complexity index is 196. The lowest BCUT2D eigenvalue weighted by molar-refractivity contribution is 0.316. The highest BCUT2D eigenvalue weighted by Gasteiger charge is 1.99. The molecule has 80 valence electrons. The third-order valence-electron chi connectivity index (χ3n) is 2.40. The van der Waals surface area contributed by atoms with Crippen LogP contribution >= 0.6 is 0 Å². The van der Waals surface area contributed by atoms with E-state index in [1.54, 1.807) is 12.5 Å². The fourth-order valence-electron chi connectivity index (χ4n) is 1.55. The molecular weight excluding hydrogens is 174 g/mol. The van der Waals surface area contributed by atoms with E-state index in [-0.39, 0.29) is 0 Å². The molecule has 0 atom stereocenters. The Morgan fingerprint density at radius 2 is 1.93 bits per heavy atom. The molecule has 2 heteroatoms. The van der Waals surface area contributed by atoms with Crippen LogP contribution in [0, 0.1) is 0 Å². The van der Waals surface area contributed by atoms with Crippen molar-refractivity contribution in [2.24, 2.45) is 0 Å². The van der Waals surface area contributed by atoms with E-state index >= 15 is 0 Å². The molecule has 1 N–H and O–H groups in total. The summed E-state index contributed by atoms with van der Waals surface area (Å²) in [4.78, 5) is 0. The second-order valence-electron chi connectivity index (χ2n) is 3.72. The second kappa shape index (κ2) is 7.48. The third kappa shape index (κ3) is 4.95. The van der Waals surface area contributed by atoms with Crippen molar-refractivity contribution >= 4 is 0 Å². The summed E-state index contributed by atoms with van der Waals surface area (Å²) in [6.45, 7) is 2.25. The van der Waals surface area contributed by atoms with Crippen LogP contribution in [0.5, 0.6) is 0 Å². The minimum atomic E-state index is 1.06. The summed E-state index contributed by atoms with van der Waals surface area (Å²) in [6.07, 6.45) is 14.5. The van der Waals surface area contributed by atoms with Crippen molar-refractivity contribution in [1.29, 1.82) is 0 Å². The van der Waals surface area contributed by atoms with Crippen molar-refractivity contribution in [3.05, 3.63) is 24.4 Å². The van der Waals surface area contributed by atoms with E-state index in [4.69, 9.17) is 4.74 Å². The standard InChI is InChI=1S/C12H21NO/c1-2-3-4-5-6-7-8-12-11-13-9-10-14-12/h9-11,13H,2-8H2,1H3. The molecule has 2 nitrogen and oxygen atoms in total. The lowest BCUT2D eigenvalue weighted by Gasteiger charge is -2.09. The first kappa shape index (κ1) is 11.2. The van der Waals surface area contributed by atoms with E-state index in [9.17, 15) is 0 Å². The average molecular weight is 195 g/mol. The highest BCUT2D eigenvalue weighted by molar-refractivity contribution is 5.00. The van der Waals surface area contributed by atoms with Gasteiger partial charge in [-0.05, 0) is 6.42 Å². The SMILES string of the molecule is CCCCCCCCC1=CNC=CO1. The van der Waals surface area contributed by atoms with E-state index in [2.05, 4.69) is 12.2 Å². The molecule has 0 unspecified atom stereocenters. The molecule has 0 aromatic rings. The first-order valence-electron chi connectivity index (χ1n) is 5.70. The molecule has 0 fully saturated rings. The normalized spacial score (nSPS) is 14.5. The molecule has 1 aliphatic heterocycles. The number of hydrogen-bond donors (Lipinski definition) is 1. The van der Waals surface area contributed by atoms with Gasteiger partial charge in [-0.2, -0.15) is 0 Å². The Balaban J connectivity index is 1.91. The number of rotatable bonds is 7. The van der Waals surface area contributed by atoms with Crippen LogP contribution in [0.3, 0.4) is 0 Å². The van der Waals surface area contributed by atoms with Crippen molar-refractivity contribution in [3.8, 4) is 0 Å². The minimum Gasteiger partial charge on any atom is -0.466 e. The summed E-state index contributed by atoms with van der Waals surface area (Å²) in [7, 11) is 0. The number of ether oxygens (including phenoxy) is 1. The predicted molar refractivity (Wildman–Crippen MR) is 59.4 cm³/mol. The zero-order valence-corrected chi connectivity index (χ0v) is 9.09. The number of allylic oxidation sites excluding steroid dienone is 1. The Kier molecular flexibility index (Phi) is 5.96. The maximum absolute atomic E-state index is 5.32. The zero-order valence-electron chi connectivity index (χ0n) is 9.09. The summed E-state index contributed by atoms with van der Waals surface area (Å²) in [5, 5.41) is 3.03. The molecule has 0 spiro atoms. The quantitative estimate of drug-likeness (QED) is 0.626. The highest BCUT2D eigenvalue weighted by Crippen LogP contribution is 2.13. The molecule has 0 radical (unpaired) electrons. The van der Waals surface area contributed by atoms with Gasteiger partial charge in [0.2, 0.25) is 0 Å². The van der Waals surface area contributed by atoms with Gasteiger partial charge < -0.3 is 10.1 Å². The number of unbranched alkanes of at least 4 members (excludes halogenated alkanes) is 5. The fraction of sp³-hybridized carbons (Fsp3) is 0.667. The van der Waals surface area contributed by atoms with E-state index in [0.29, 0.717) is 0 Å². The van der Waals surface area contributed by atoms with Gasteiger partial charge in [0.1, 0.15) is 12.0 Å². The van der Waals surface area contributed by atoms with Gasteiger partial charge in [-0.15, -0.1) is 0 Å². The summed E-state index contributed by atoms with van der Waals surface area (Å²) in [6, 6.07) is 0. The fourth-order valence-corrected chi connectivity index (χ4v) is 1.55. The molecule has 0 saturated heterocycles. The lowest BCUT2D eigenvalue weighted by atomic mass is 10.1. The molecule has 1 heterocycles. The zero-order chi connectivity index (χ0) is 10.1. The van der Waals surface area contributed by atoms with E-state index < -0.39 is 0 Å². The highest BCUT2D eigenvalue weighted by atomic mass is 16.5. The van der Waals surface area contributed by atoms with Crippen LogP contribution < -0.4 is 5.32 Å². The van der Waals surface area contributed by atoms with Gasteiger partial charge in [-0.25, -0.2) is 0 Å². The van der Waals surface area contributed by atoms with Crippen molar-refractivity contribution in [1.82, 2.24) is 5.32 Å². The minimum absolute atomic E-state index is 1.06. The number of nitrogens with one attached hydrogen (secondary N) is 1. The van der Waals surface area contributed by atoms with Gasteiger partial charge >= 0.3 is 0 Å². The predicted octanol–water partition coefficient (Wildman–Crippen LogP) is 3.67. The van der Waals surface area contributed by atoms with E-state index in [1.165, 1.54) is 38.5 Å². The summed E-state index contributed by atoms with van der Waals surface area (Å²) < 4.78 is 5.32. The maximum atomic E-state index is 5.32. The van der Waals surface area contributed by atoms with E-state index in [0.717, 1.165) is 12.2 Å². The van der Waals surface area contributed by atoms with Crippen LogP contribution in [0.1, 0.15) is 51.9 Å². The molecule has 0 bridgehead atoms. The average Bonchev–Trinajstić information content (AvgIpc) is 2.25. The molecule has 0 amide bonds. The Hall–Kier alpha value is -0.920. The molecule has 1 rings (SSSR count). The monoisotopic (exact) mass is 195 g/mol. The molecule has 0 aliphatic carbocycles. The molecule has 0 saturated carbocycles. The second-order valence-corrected chi connectivity index (χ2v) is 3.72. The molecule has 0 aromatic carbocycles. The van der Waals surface area contributed by atoms with Crippen LogP contribution in [0.15, 0.2) is 24.4 Å². The van der Waals surface area contributed by atoms with Crippen molar-refractivity contribution in [2.75, 3.05) is 0 Å². The van der Waals surface area contributed by atoms with Gasteiger partial charge in [-0.1, -0.05) is 39.0 Å². The smallest absolute Gasteiger partial charge is 0.119 e. The largest absolute Gasteiger partial charge is 0.466 e.